The lowest BCUT2D eigenvalue weighted by Gasteiger charge is -2.22. The summed E-state index contributed by atoms with van der Waals surface area (Å²) < 4.78 is 0. The van der Waals surface area contributed by atoms with Gasteiger partial charge in [0, 0.05) is 18.7 Å². The zero-order chi connectivity index (χ0) is 16.5. The number of carbonyl (C=O) groups is 1. The van der Waals surface area contributed by atoms with E-state index in [1.54, 1.807) is 0 Å². The fourth-order valence-corrected chi connectivity index (χ4v) is 2.68. The number of hydrogen-bond acceptors (Lipinski definition) is 3. The SMILES string of the molecule is CCN(CC)CCNC(C(=O)c1ccccc1)c1ccccc1. The fourth-order valence-electron chi connectivity index (χ4n) is 2.68. The number of ketones is 1. The van der Waals surface area contributed by atoms with Gasteiger partial charge in [-0.2, -0.15) is 0 Å². The van der Waals surface area contributed by atoms with Gasteiger partial charge in [0.25, 0.3) is 0 Å². The molecule has 2 aromatic rings. The van der Waals surface area contributed by atoms with Crippen LogP contribution >= 0.6 is 0 Å². The van der Waals surface area contributed by atoms with E-state index in [1.165, 1.54) is 0 Å². The third-order valence-electron chi connectivity index (χ3n) is 4.12. The maximum Gasteiger partial charge on any atom is 0.184 e. The number of nitrogens with one attached hydrogen (secondary N) is 1. The lowest BCUT2D eigenvalue weighted by Crippen LogP contribution is -2.36. The summed E-state index contributed by atoms with van der Waals surface area (Å²) in [5.41, 5.74) is 1.76. The Balaban J connectivity index is 2.11. The van der Waals surface area contributed by atoms with Gasteiger partial charge < -0.3 is 10.2 Å². The van der Waals surface area contributed by atoms with Gasteiger partial charge >= 0.3 is 0 Å². The molecule has 1 unspecified atom stereocenters. The molecule has 23 heavy (non-hydrogen) atoms. The average Bonchev–Trinajstić information content (AvgIpc) is 2.63. The molecular formula is C20H26N2O. The molecule has 0 aliphatic heterocycles. The van der Waals surface area contributed by atoms with Gasteiger partial charge in [-0.05, 0) is 18.7 Å². The molecule has 0 bridgehead atoms. The van der Waals surface area contributed by atoms with Crippen molar-refractivity contribution in [1.82, 2.24) is 10.2 Å². The van der Waals surface area contributed by atoms with E-state index in [0.29, 0.717) is 0 Å². The summed E-state index contributed by atoms with van der Waals surface area (Å²) in [7, 11) is 0. The highest BCUT2D eigenvalue weighted by molar-refractivity contribution is 6.00. The Bertz CT molecular complexity index is 579. The first-order chi connectivity index (χ1) is 11.3. The Labute approximate surface area is 139 Å². The monoisotopic (exact) mass is 310 g/mol. The molecule has 3 heteroatoms. The Hall–Kier alpha value is -1.97. The summed E-state index contributed by atoms with van der Waals surface area (Å²) in [6.45, 7) is 8.11. The number of hydrogen-bond donors (Lipinski definition) is 1. The van der Waals surface area contributed by atoms with Crippen LogP contribution in [0.1, 0.15) is 35.8 Å². The Kier molecular flexibility index (Phi) is 6.98. The van der Waals surface area contributed by atoms with Gasteiger partial charge in [0.05, 0.1) is 6.04 Å². The predicted octanol–water partition coefficient (Wildman–Crippen LogP) is 3.54. The van der Waals surface area contributed by atoms with Gasteiger partial charge in [-0.1, -0.05) is 74.5 Å². The molecule has 0 radical (unpaired) electrons. The second kappa shape index (κ2) is 9.23. The summed E-state index contributed by atoms with van der Waals surface area (Å²) in [5, 5.41) is 3.44. The number of rotatable bonds is 9. The van der Waals surface area contributed by atoms with Crippen LogP contribution in [-0.4, -0.2) is 36.9 Å². The largest absolute Gasteiger partial charge is 0.303 e. The number of nitrogens with zero attached hydrogens (tertiary/aromatic N) is 1. The van der Waals surface area contributed by atoms with Crippen molar-refractivity contribution in [2.75, 3.05) is 26.2 Å². The molecule has 0 heterocycles. The lowest BCUT2D eigenvalue weighted by atomic mass is 9.97. The molecule has 3 nitrogen and oxygen atoms in total. The average molecular weight is 310 g/mol. The zero-order valence-electron chi connectivity index (χ0n) is 14.0. The highest BCUT2D eigenvalue weighted by Gasteiger charge is 2.21. The van der Waals surface area contributed by atoms with Crippen molar-refractivity contribution in [2.24, 2.45) is 0 Å². The van der Waals surface area contributed by atoms with E-state index in [-0.39, 0.29) is 11.8 Å². The molecule has 2 aromatic carbocycles. The molecule has 0 aromatic heterocycles. The van der Waals surface area contributed by atoms with Crippen LogP contribution in [0.3, 0.4) is 0 Å². The van der Waals surface area contributed by atoms with Crippen LogP contribution < -0.4 is 5.32 Å². The van der Waals surface area contributed by atoms with Gasteiger partial charge in [0.2, 0.25) is 0 Å². The van der Waals surface area contributed by atoms with Crippen molar-refractivity contribution < 1.29 is 4.79 Å². The predicted molar refractivity (Wildman–Crippen MR) is 95.7 cm³/mol. The summed E-state index contributed by atoms with van der Waals surface area (Å²) in [6.07, 6.45) is 0. The van der Waals surface area contributed by atoms with E-state index < -0.39 is 0 Å². The van der Waals surface area contributed by atoms with Crippen molar-refractivity contribution >= 4 is 5.78 Å². The second-order valence-corrected chi connectivity index (χ2v) is 5.55. The molecule has 0 saturated heterocycles. The highest BCUT2D eigenvalue weighted by Crippen LogP contribution is 2.18. The van der Waals surface area contributed by atoms with Gasteiger partial charge in [-0.15, -0.1) is 0 Å². The van der Waals surface area contributed by atoms with Crippen LogP contribution in [0.15, 0.2) is 60.7 Å². The molecule has 2 rings (SSSR count). The molecule has 0 aliphatic carbocycles. The fraction of sp³-hybridized carbons (Fsp3) is 0.350. The van der Waals surface area contributed by atoms with E-state index in [2.05, 4.69) is 24.1 Å². The van der Waals surface area contributed by atoms with Crippen molar-refractivity contribution in [3.63, 3.8) is 0 Å². The number of Topliss-reactive ketones (excluding diaryl/α,β-unsaturated/α-hetero) is 1. The molecule has 1 N–H and O–H groups in total. The minimum Gasteiger partial charge on any atom is -0.303 e. The van der Waals surface area contributed by atoms with Crippen LogP contribution in [0, 0.1) is 0 Å². The Morgan fingerprint density at radius 3 is 2.09 bits per heavy atom. The van der Waals surface area contributed by atoms with Gasteiger partial charge in [-0.3, -0.25) is 4.79 Å². The minimum absolute atomic E-state index is 0.122. The molecule has 0 fully saturated rings. The molecule has 1 atom stereocenters. The molecule has 0 saturated carbocycles. The van der Waals surface area contributed by atoms with E-state index in [1.807, 2.05) is 60.7 Å². The Morgan fingerprint density at radius 1 is 0.957 bits per heavy atom. The second-order valence-electron chi connectivity index (χ2n) is 5.55. The molecule has 0 spiro atoms. The van der Waals surface area contributed by atoms with Crippen molar-refractivity contribution in [2.45, 2.75) is 19.9 Å². The maximum absolute atomic E-state index is 12.9. The van der Waals surface area contributed by atoms with Crippen LogP contribution in [0.25, 0.3) is 0 Å². The van der Waals surface area contributed by atoms with Gasteiger partial charge in [0.1, 0.15) is 0 Å². The summed E-state index contributed by atoms with van der Waals surface area (Å²) >= 11 is 0. The number of likely N-dealkylation sites (N-methyl/N-ethyl adjacent to an activating group) is 1. The number of carbonyl (C=O) groups excluding carboxylic acids is 1. The normalized spacial score (nSPS) is 12.3. The molecule has 0 amide bonds. The van der Waals surface area contributed by atoms with E-state index in [0.717, 1.165) is 37.3 Å². The summed E-state index contributed by atoms with van der Waals surface area (Å²) in [5.74, 6) is 0.122. The Morgan fingerprint density at radius 2 is 1.52 bits per heavy atom. The summed E-state index contributed by atoms with van der Waals surface area (Å²) in [6, 6.07) is 19.2. The number of benzene rings is 2. The lowest BCUT2D eigenvalue weighted by molar-refractivity contribution is 0.0941. The smallest absolute Gasteiger partial charge is 0.184 e. The standard InChI is InChI=1S/C20H26N2O/c1-3-22(4-2)16-15-21-19(17-11-7-5-8-12-17)20(23)18-13-9-6-10-14-18/h5-14,19,21H,3-4,15-16H2,1-2H3. The quantitative estimate of drug-likeness (QED) is 0.719. The molecule has 122 valence electrons. The van der Waals surface area contributed by atoms with Crippen LogP contribution in [0.4, 0.5) is 0 Å². The van der Waals surface area contributed by atoms with Crippen LogP contribution in [0.2, 0.25) is 0 Å². The third-order valence-corrected chi connectivity index (χ3v) is 4.12. The highest BCUT2D eigenvalue weighted by atomic mass is 16.1. The summed E-state index contributed by atoms with van der Waals surface area (Å²) in [4.78, 5) is 15.2. The first-order valence-corrected chi connectivity index (χ1v) is 8.36. The van der Waals surface area contributed by atoms with Gasteiger partial charge in [0.15, 0.2) is 5.78 Å². The van der Waals surface area contributed by atoms with E-state index >= 15 is 0 Å². The van der Waals surface area contributed by atoms with Crippen LogP contribution in [0.5, 0.6) is 0 Å². The maximum atomic E-state index is 12.9. The van der Waals surface area contributed by atoms with Crippen molar-refractivity contribution in [1.29, 1.82) is 0 Å². The minimum atomic E-state index is -0.297. The first-order valence-electron chi connectivity index (χ1n) is 8.36. The van der Waals surface area contributed by atoms with E-state index in [9.17, 15) is 4.79 Å². The van der Waals surface area contributed by atoms with E-state index in [4.69, 9.17) is 0 Å². The third kappa shape index (κ3) is 5.02. The topological polar surface area (TPSA) is 32.3 Å². The zero-order valence-corrected chi connectivity index (χ0v) is 14.0. The van der Waals surface area contributed by atoms with Crippen LogP contribution in [-0.2, 0) is 0 Å². The molecular weight excluding hydrogens is 284 g/mol. The molecule has 0 aliphatic rings. The van der Waals surface area contributed by atoms with Crippen molar-refractivity contribution in [3.05, 3.63) is 71.8 Å². The van der Waals surface area contributed by atoms with Crippen molar-refractivity contribution in [3.8, 4) is 0 Å². The first kappa shape index (κ1) is 17.4. The van der Waals surface area contributed by atoms with Gasteiger partial charge in [-0.25, -0.2) is 0 Å².